The molecular weight excluding hydrogens is 480 g/mol. The van der Waals surface area contributed by atoms with Gasteiger partial charge in [-0.3, -0.25) is 30.6 Å². The molecule has 0 saturated carbocycles. The third-order valence-corrected chi connectivity index (χ3v) is 5.08. The molecule has 0 unspecified atom stereocenters. The minimum Gasteiger partial charge on any atom is -0.491 e. The molecule has 0 fully saturated rings. The second-order valence-electron chi connectivity index (χ2n) is 7.63. The summed E-state index contributed by atoms with van der Waals surface area (Å²) in [4.78, 5) is 37.1. The Morgan fingerprint density at radius 3 is 2.11 bits per heavy atom. The minimum atomic E-state index is -0.472. The van der Waals surface area contributed by atoms with Crippen molar-refractivity contribution in [2.75, 3.05) is 25.6 Å². The molecule has 0 aromatic heterocycles. The first-order valence-electron chi connectivity index (χ1n) is 11.0. The molecule has 0 aliphatic rings. The summed E-state index contributed by atoms with van der Waals surface area (Å²) in [6.45, 7) is 2.77. The van der Waals surface area contributed by atoms with E-state index in [1.807, 2.05) is 19.1 Å². The zero-order chi connectivity index (χ0) is 25.9. The Morgan fingerprint density at radius 1 is 0.778 bits per heavy atom. The fourth-order valence-electron chi connectivity index (χ4n) is 3.03. The number of hydrazine groups is 1. The van der Waals surface area contributed by atoms with Gasteiger partial charge in [0.15, 0.2) is 5.11 Å². The average Bonchev–Trinajstić information content (AvgIpc) is 2.88. The Kier molecular flexibility index (Phi) is 9.49. The van der Waals surface area contributed by atoms with E-state index in [1.54, 1.807) is 67.8 Å². The van der Waals surface area contributed by atoms with Crippen molar-refractivity contribution < 1.29 is 23.9 Å². The molecule has 0 bridgehead atoms. The largest absolute Gasteiger partial charge is 0.491 e. The van der Waals surface area contributed by atoms with Crippen LogP contribution in [0.3, 0.4) is 0 Å². The molecule has 0 aliphatic heterocycles. The summed E-state index contributed by atoms with van der Waals surface area (Å²) in [5, 5.41) is 5.20. The number of aryl methyl sites for hydroxylation is 1. The number of benzene rings is 3. The number of hydrogen-bond donors (Lipinski definition) is 4. The Labute approximate surface area is 214 Å². The van der Waals surface area contributed by atoms with Gasteiger partial charge in [0.1, 0.15) is 12.4 Å². The highest BCUT2D eigenvalue weighted by Crippen LogP contribution is 2.13. The zero-order valence-electron chi connectivity index (χ0n) is 19.8. The van der Waals surface area contributed by atoms with E-state index in [1.165, 1.54) is 0 Å². The highest BCUT2D eigenvalue weighted by atomic mass is 32.1. The first-order valence-corrected chi connectivity index (χ1v) is 11.4. The summed E-state index contributed by atoms with van der Waals surface area (Å²) in [5.74, 6) is -0.552. The van der Waals surface area contributed by atoms with Gasteiger partial charge in [-0.1, -0.05) is 17.7 Å². The molecule has 3 amide bonds. The van der Waals surface area contributed by atoms with E-state index in [4.69, 9.17) is 21.7 Å². The quantitative estimate of drug-likeness (QED) is 0.211. The number of thiocarbonyl (C=S) groups is 1. The third-order valence-electron chi connectivity index (χ3n) is 4.87. The van der Waals surface area contributed by atoms with Gasteiger partial charge in [-0.05, 0) is 79.8 Å². The SMILES string of the molecule is COCCOc1ccc(C(=O)NC(=S)NNC(=O)c2ccc(NC(=O)c3cccc(C)c3)cc2)cc1. The van der Waals surface area contributed by atoms with Crippen molar-refractivity contribution in [3.8, 4) is 5.75 Å². The molecule has 3 rings (SSSR count). The molecule has 186 valence electrons. The van der Waals surface area contributed by atoms with Crippen molar-refractivity contribution in [3.05, 3.63) is 95.1 Å². The molecule has 0 saturated heterocycles. The van der Waals surface area contributed by atoms with Gasteiger partial charge in [-0.25, -0.2) is 0 Å². The Morgan fingerprint density at radius 2 is 1.44 bits per heavy atom. The fourth-order valence-corrected chi connectivity index (χ4v) is 3.18. The predicted molar refractivity (Wildman–Crippen MR) is 140 cm³/mol. The van der Waals surface area contributed by atoms with Crippen molar-refractivity contribution in [2.24, 2.45) is 0 Å². The van der Waals surface area contributed by atoms with Crippen LogP contribution in [0.15, 0.2) is 72.8 Å². The predicted octanol–water partition coefficient (Wildman–Crippen LogP) is 3.22. The Bertz CT molecular complexity index is 1230. The Balaban J connectivity index is 1.45. The number of ether oxygens (including phenoxy) is 2. The number of methoxy groups -OCH3 is 1. The fraction of sp³-hybridized carbons (Fsp3) is 0.154. The van der Waals surface area contributed by atoms with Crippen molar-refractivity contribution in [2.45, 2.75) is 6.92 Å². The molecule has 0 heterocycles. The number of anilines is 1. The summed E-state index contributed by atoms with van der Waals surface area (Å²) in [6.07, 6.45) is 0. The summed E-state index contributed by atoms with van der Waals surface area (Å²) in [6, 6.07) is 20.1. The van der Waals surface area contributed by atoms with Crippen LogP contribution < -0.4 is 26.2 Å². The van der Waals surface area contributed by atoms with E-state index in [9.17, 15) is 14.4 Å². The number of hydrogen-bond acceptors (Lipinski definition) is 6. The van der Waals surface area contributed by atoms with Gasteiger partial charge in [-0.2, -0.15) is 0 Å². The second kappa shape index (κ2) is 13.0. The summed E-state index contributed by atoms with van der Waals surface area (Å²) in [5.41, 5.74) is 7.68. The first kappa shape index (κ1) is 26.3. The van der Waals surface area contributed by atoms with Crippen LogP contribution in [0.1, 0.15) is 36.6 Å². The number of amides is 3. The lowest BCUT2D eigenvalue weighted by Crippen LogP contribution is -2.48. The van der Waals surface area contributed by atoms with Crippen molar-refractivity contribution >= 4 is 40.7 Å². The van der Waals surface area contributed by atoms with E-state index in [0.717, 1.165) is 5.56 Å². The van der Waals surface area contributed by atoms with Crippen molar-refractivity contribution in [1.29, 1.82) is 0 Å². The van der Waals surface area contributed by atoms with E-state index >= 15 is 0 Å². The van der Waals surface area contributed by atoms with Gasteiger partial charge in [0.25, 0.3) is 17.7 Å². The molecule has 0 aliphatic carbocycles. The van der Waals surface area contributed by atoms with Gasteiger partial charge >= 0.3 is 0 Å². The third kappa shape index (κ3) is 7.90. The lowest BCUT2D eigenvalue weighted by molar-refractivity contribution is 0.0934. The number of carbonyl (C=O) groups excluding carboxylic acids is 3. The monoisotopic (exact) mass is 506 g/mol. The highest BCUT2D eigenvalue weighted by Gasteiger charge is 2.11. The molecular formula is C26H26N4O5S. The maximum atomic E-state index is 12.4. The van der Waals surface area contributed by atoms with E-state index in [0.29, 0.717) is 41.3 Å². The van der Waals surface area contributed by atoms with Gasteiger partial charge < -0.3 is 14.8 Å². The smallest absolute Gasteiger partial charge is 0.269 e. The van der Waals surface area contributed by atoms with Crippen LogP contribution in [0.2, 0.25) is 0 Å². The highest BCUT2D eigenvalue weighted by molar-refractivity contribution is 7.80. The normalized spacial score (nSPS) is 10.2. The van der Waals surface area contributed by atoms with Crippen LogP contribution in [0.4, 0.5) is 5.69 Å². The molecule has 10 heteroatoms. The molecule has 0 atom stereocenters. The van der Waals surface area contributed by atoms with Gasteiger partial charge in [0.05, 0.1) is 6.61 Å². The summed E-state index contributed by atoms with van der Waals surface area (Å²) in [7, 11) is 1.58. The van der Waals surface area contributed by atoms with Crippen molar-refractivity contribution in [1.82, 2.24) is 16.2 Å². The zero-order valence-corrected chi connectivity index (χ0v) is 20.6. The van der Waals surface area contributed by atoms with Crippen LogP contribution in [0.5, 0.6) is 5.75 Å². The van der Waals surface area contributed by atoms with E-state index in [2.05, 4.69) is 21.5 Å². The Hall–Kier alpha value is -4.28. The first-order chi connectivity index (χ1) is 17.4. The van der Waals surface area contributed by atoms with Crippen LogP contribution in [-0.2, 0) is 4.74 Å². The average molecular weight is 507 g/mol. The lowest BCUT2D eigenvalue weighted by Gasteiger charge is -2.12. The van der Waals surface area contributed by atoms with E-state index < -0.39 is 11.8 Å². The molecule has 9 nitrogen and oxygen atoms in total. The topological polar surface area (TPSA) is 118 Å². The maximum Gasteiger partial charge on any atom is 0.269 e. The standard InChI is InChI=1S/C26H26N4O5S/c1-17-4-3-5-20(16-17)24(32)27-21-10-6-19(7-11-21)25(33)29-30-26(36)28-23(31)18-8-12-22(13-9-18)35-15-14-34-2/h3-13,16H,14-15H2,1-2H3,(H,27,32)(H,29,33)(H2,28,30,31,36). The molecule has 0 radical (unpaired) electrons. The van der Waals surface area contributed by atoms with Crippen LogP contribution in [-0.4, -0.2) is 43.2 Å². The molecule has 4 N–H and O–H groups in total. The number of rotatable bonds is 8. The summed E-state index contributed by atoms with van der Waals surface area (Å²) < 4.78 is 10.4. The van der Waals surface area contributed by atoms with E-state index in [-0.39, 0.29) is 11.0 Å². The molecule has 0 spiro atoms. The van der Waals surface area contributed by atoms with Gasteiger partial charge in [0, 0.05) is 29.5 Å². The maximum absolute atomic E-state index is 12.4. The number of carbonyl (C=O) groups is 3. The van der Waals surface area contributed by atoms with Gasteiger partial charge in [0.2, 0.25) is 0 Å². The van der Waals surface area contributed by atoms with Crippen LogP contribution >= 0.6 is 12.2 Å². The minimum absolute atomic E-state index is 0.0733. The molecule has 3 aromatic rings. The van der Waals surface area contributed by atoms with Crippen LogP contribution in [0.25, 0.3) is 0 Å². The van der Waals surface area contributed by atoms with Crippen LogP contribution in [0, 0.1) is 6.92 Å². The molecule has 3 aromatic carbocycles. The lowest BCUT2D eigenvalue weighted by atomic mass is 10.1. The number of nitrogens with one attached hydrogen (secondary N) is 4. The molecule has 36 heavy (non-hydrogen) atoms. The summed E-state index contributed by atoms with van der Waals surface area (Å²) >= 11 is 5.07. The van der Waals surface area contributed by atoms with Crippen molar-refractivity contribution in [3.63, 3.8) is 0 Å². The van der Waals surface area contributed by atoms with Gasteiger partial charge in [-0.15, -0.1) is 0 Å². The second-order valence-corrected chi connectivity index (χ2v) is 8.04.